The van der Waals surface area contributed by atoms with Crippen molar-refractivity contribution in [3.05, 3.63) is 0 Å². The molecule has 0 aliphatic heterocycles. The van der Waals surface area contributed by atoms with Crippen LogP contribution in [0.5, 0.6) is 0 Å². The molecule has 0 aliphatic carbocycles. The largest absolute Gasteiger partial charge is 0.340 e. The molecule has 0 amide bonds. The van der Waals surface area contributed by atoms with Gasteiger partial charge in [-0.3, -0.25) is 0 Å². The predicted octanol–water partition coefficient (Wildman–Crippen LogP) is 1.36. The Morgan fingerprint density at radius 2 is 2.12 bits per heavy atom. The summed E-state index contributed by atoms with van der Waals surface area (Å²) in [7, 11) is 2.19. The van der Waals surface area contributed by atoms with Gasteiger partial charge in [-0.25, -0.2) is 0 Å². The summed E-state index contributed by atoms with van der Waals surface area (Å²) in [5.74, 6) is 0. The fourth-order valence-electron chi connectivity index (χ4n) is 0.171. The summed E-state index contributed by atoms with van der Waals surface area (Å²) in [5, 5.41) is 0. The summed E-state index contributed by atoms with van der Waals surface area (Å²) in [6.07, 6.45) is 0. The molecule has 0 fully saturated rings. The van der Waals surface area contributed by atoms with Gasteiger partial charge in [0.25, 0.3) is 0 Å². The highest BCUT2D eigenvalue weighted by atomic mass is 31.1. The first-order chi connectivity index (χ1) is 3.91. The standard InChI is InChI=1S/C3H10O3P2/c1-4-8-6-3-5-7-2/h7-8H,3H2,1-2H3. The molecule has 0 aromatic heterocycles. The van der Waals surface area contributed by atoms with Crippen molar-refractivity contribution in [2.75, 3.05) is 20.6 Å². The number of hydrogen-bond acceptors (Lipinski definition) is 3. The van der Waals surface area contributed by atoms with Crippen LogP contribution in [-0.2, 0) is 13.6 Å². The molecule has 5 heteroatoms. The van der Waals surface area contributed by atoms with Gasteiger partial charge in [0.1, 0.15) is 0 Å². The van der Waals surface area contributed by atoms with Crippen LogP contribution in [0.4, 0.5) is 0 Å². The minimum atomic E-state index is 0.104. The lowest BCUT2D eigenvalue weighted by atomic mass is 11.6. The lowest BCUT2D eigenvalue weighted by Crippen LogP contribution is -1.82. The molecule has 0 radical (unpaired) electrons. The van der Waals surface area contributed by atoms with Crippen molar-refractivity contribution in [1.82, 2.24) is 0 Å². The second-order valence-electron chi connectivity index (χ2n) is 0.898. The van der Waals surface area contributed by atoms with Gasteiger partial charge in [-0.1, -0.05) is 0 Å². The van der Waals surface area contributed by atoms with Crippen molar-refractivity contribution >= 4 is 17.8 Å². The summed E-state index contributed by atoms with van der Waals surface area (Å²) in [4.78, 5) is 0. The van der Waals surface area contributed by atoms with Crippen LogP contribution in [0, 0.1) is 0 Å². The normalized spacial score (nSPS) is 12.8. The Labute approximate surface area is 52.9 Å². The molecule has 2 atom stereocenters. The first kappa shape index (κ1) is 8.74. The van der Waals surface area contributed by atoms with E-state index >= 15 is 0 Å². The van der Waals surface area contributed by atoms with Gasteiger partial charge in [0.2, 0.25) is 0 Å². The lowest BCUT2D eigenvalue weighted by molar-refractivity contribution is 0.142. The average Bonchev–Trinajstić information content (AvgIpc) is 1.81. The zero-order chi connectivity index (χ0) is 6.24. The van der Waals surface area contributed by atoms with Gasteiger partial charge in [-0.05, 0) is 6.66 Å². The van der Waals surface area contributed by atoms with Crippen LogP contribution in [0.15, 0.2) is 0 Å². The molecule has 0 N–H and O–H groups in total. The Morgan fingerprint density at radius 1 is 1.38 bits per heavy atom. The molecule has 8 heavy (non-hydrogen) atoms. The zero-order valence-electron chi connectivity index (χ0n) is 4.93. The van der Waals surface area contributed by atoms with Crippen LogP contribution in [0.3, 0.4) is 0 Å². The van der Waals surface area contributed by atoms with E-state index in [0.717, 1.165) is 0 Å². The number of hydrogen-bond donors (Lipinski definition) is 0. The minimum absolute atomic E-state index is 0.104. The van der Waals surface area contributed by atoms with Gasteiger partial charge in [-0.2, -0.15) is 0 Å². The summed E-state index contributed by atoms with van der Waals surface area (Å²) < 4.78 is 14.3. The Balaban J connectivity index is 2.53. The van der Waals surface area contributed by atoms with Crippen LogP contribution in [0.25, 0.3) is 0 Å². The third kappa shape index (κ3) is 6.74. The van der Waals surface area contributed by atoms with E-state index in [9.17, 15) is 0 Å². The molecule has 2 unspecified atom stereocenters. The van der Waals surface area contributed by atoms with Crippen molar-refractivity contribution in [1.29, 1.82) is 0 Å². The highest BCUT2D eigenvalue weighted by molar-refractivity contribution is 7.31. The summed E-state index contributed by atoms with van der Waals surface area (Å²) in [6, 6.07) is 0. The highest BCUT2D eigenvalue weighted by Crippen LogP contribution is 2.13. The summed E-state index contributed by atoms with van der Waals surface area (Å²) in [5.41, 5.74) is 0. The van der Waals surface area contributed by atoms with Crippen molar-refractivity contribution < 1.29 is 13.6 Å². The smallest absolute Gasteiger partial charge is 0.157 e. The Morgan fingerprint density at radius 3 is 2.62 bits per heavy atom. The van der Waals surface area contributed by atoms with E-state index < -0.39 is 0 Å². The Hall–Kier alpha value is 0.740. The van der Waals surface area contributed by atoms with Crippen molar-refractivity contribution in [3.63, 3.8) is 0 Å². The van der Waals surface area contributed by atoms with Crippen LogP contribution >= 0.6 is 17.8 Å². The van der Waals surface area contributed by atoms with Gasteiger partial charge in [-0.15, -0.1) is 0 Å². The maximum Gasteiger partial charge on any atom is 0.157 e. The molecule has 0 saturated carbocycles. The summed E-state index contributed by atoms with van der Waals surface area (Å²) >= 11 is 0. The second kappa shape index (κ2) is 7.74. The first-order valence-corrected chi connectivity index (χ1v) is 4.32. The molecule has 0 spiro atoms. The zero-order valence-corrected chi connectivity index (χ0v) is 6.93. The molecule has 0 rings (SSSR count). The third-order valence-electron chi connectivity index (χ3n) is 0.404. The molecular weight excluding hydrogens is 146 g/mol. The lowest BCUT2D eigenvalue weighted by Gasteiger charge is -1.98. The molecule has 50 valence electrons. The van der Waals surface area contributed by atoms with Crippen LogP contribution < -0.4 is 0 Å². The molecule has 0 saturated heterocycles. The predicted molar refractivity (Wildman–Crippen MR) is 36.6 cm³/mol. The third-order valence-corrected chi connectivity index (χ3v) is 1.21. The topological polar surface area (TPSA) is 27.7 Å². The monoisotopic (exact) mass is 156 g/mol. The highest BCUT2D eigenvalue weighted by Gasteiger charge is 1.81. The van der Waals surface area contributed by atoms with E-state index in [0.29, 0.717) is 15.6 Å². The van der Waals surface area contributed by atoms with Crippen LogP contribution in [0.2, 0.25) is 0 Å². The number of rotatable bonds is 5. The van der Waals surface area contributed by atoms with E-state index in [4.69, 9.17) is 9.05 Å². The Kier molecular flexibility index (Phi) is 8.46. The summed E-state index contributed by atoms with van der Waals surface area (Å²) in [6.45, 7) is 2.29. The fourth-order valence-corrected chi connectivity index (χ4v) is 0.691. The van der Waals surface area contributed by atoms with Crippen molar-refractivity contribution in [2.45, 2.75) is 0 Å². The van der Waals surface area contributed by atoms with Gasteiger partial charge in [0.15, 0.2) is 15.8 Å². The molecule has 3 nitrogen and oxygen atoms in total. The van der Waals surface area contributed by atoms with Gasteiger partial charge in [0.05, 0.1) is 0 Å². The molecule has 0 aliphatic rings. The minimum Gasteiger partial charge on any atom is -0.340 e. The van der Waals surface area contributed by atoms with Crippen LogP contribution in [0.1, 0.15) is 0 Å². The molecule has 0 heterocycles. The maximum atomic E-state index is 4.87. The first-order valence-electron chi connectivity index (χ1n) is 2.10. The molecule has 0 bridgehead atoms. The van der Waals surface area contributed by atoms with Gasteiger partial charge in [0, 0.05) is 15.9 Å². The quantitative estimate of drug-likeness (QED) is 0.341. The van der Waals surface area contributed by atoms with E-state index in [1.54, 1.807) is 7.11 Å². The fraction of sp³-hybridized carbons (Fsp3) is 1.00. The SMILES string of the molecule is COPOCOPC. The van der Waals surface area contributed by atoms with Gasteiger partial charge >= 0.3 is 0 Å². The molecule has 0 aromatic rings. The van der Waals surface area contributed by atoms with E-state index in [1.807, 2.05) is 6.66 Å². The van der Waals surface area contributed by atoms with E-state index in [2.05, 4.69) is 4.52 Å². The molecular formula is C3H10O3P2. The van der Waals surface area contributed by atoms with Gasteiger partial charge < -0.3 is 13.6 Å². The van der Waals surface area contributed by atoms with E-state index in [-0.39, 0.29) is 9.03 Å². The van der Waals surface area contributed by atoms with Crippen molar-refractivity contribution in [2.24, 2.45) is 0 Å². The maximum absolute atomic E-state index is 4.87. The Bertz CT molecular complexity index is 37.5. The second-order valence-corrected chi connectivity index (χ2v) is 2.46. The molecule has 0 aromatic carbocycles. The average molecular weight is 156 g/mol. The van der Waals surface area contributed by atoms with E-state index in [1.165, 1.54) is 0 Å². The van der Waals surface area contributed by atoms with Crippen LogP contribution in [-0.4, -0.2) is 20.6 Å². The van der Waals surface area contributed by atoms with Crippen molar-refractivity contribution in [3.8, 4) is 0 Å².